The Bertz CT molecular complexity index is 3.25. The predicted octanol–water partition coefficient (Wildman–Crippen LogP) is -0.530. The monoisotopic (exact) mass is 294 g/mol. The summed E-state index contributed by atoms with van der Waals surface area (Å²) in [6.45, 7) is 0. The Kier molecular flexibility index (Phi) is 2.35. The van der Waals surface area contributed by atoms with Crippen molar-refractivity contribution in [2.75, 3.05) is 0 Å². The van der Waals surface area contributed by atoms with E-state index in [1.165, 1.54) is 0 Å². The molecule has 0 fully saturated rings. The van der Waals surface area contributed by atoms with E-state index in [2.05, 4.69) is 0 Å². The van der Waals surface area contributed by atoms with E-state index in [4.69, 9.17) is 0 Å². The number of rotatable bonds is 0. The topological polar surface area (TPSA) is 90.0 Å². The summed E-state index contributed by atoms with van der Waals surface area (Å²) in [4.78, 5) is 0. The van der Waals surface area contributed by atoms with Crippen LogP contribution in [0.3, 0.4) is 0 Å². The van der Waals surface area contributed by atoms with Gasteiger partial charge < -0.3 is 16.4 Å². The van der Waals surface area contributed by atoms with Crippen molar-refractivity contribution in [1.82, 2.24) is 0 Å². The van der Waals surface area contributed by atoms with Gasteiger partial charge in [-0.05, 0) is 0 Å². The molecule has 29 valence electrons. The van der Waals surface area contributed by atoms with Crippen LogP contribution >= 0.6 is 0 Å². The second-order valence-corrected chi connectivity index (χ2v) is 0. The van der Waals surface area contributed by atoms with Crippen LogP contribution in [-0.2, 0) is 0 Å². The van der Waals surface area contributed by atoms with Crippen molar-refractivity contribution in [2.45, 2.75) is 0 Å². The van der Waals surface area contributed by atoms with Crippen molar-refractivity contribution >= 4 is 0 Å². The van der Waals surface area contributed by atoms with E-state index in [0.29, 0.717) is 0 Å². The molecule has 0 aliphatic heterocycles. The summed E-state index contributed by atoms with van der Waals surface area (Å²) in [6, 6.07) is 0. The fraction of sp³-hybridized carbons (Fsp3) is 0. The first-order valence-electron chi connectivity index (χ1n) is 0. The molecule has 0 unspecified atom stereocenters. The summed E-state index contributed by atoms with van der Waals surface area (Å²) in [6.07, 6.45) is 0. The fourth-order valence-electron chi connectivity index (χ4n) is 0. The van der Waals surface area contributed by atoms with Crippen LogP contribution in [0.1, 0.15) is 0 Å². The molecular formula is H3CmO3. The van der Waals surface area contributed by atoms with E-state index >= 15 is 0 Å². The van der Waals surface area contributed by atoms with Crippen LogP contribution < -0.4 is 0 Å². The quantitative estimate of drug-likeness (QED) is 0.602. The molecule has 4 heteroatoms. The van der Waals surface area contributed by atoms with Crippen LogP contribution in [0.2, 0.25) is 0 Å². The summed E-state index contributed by atoms with van der Waals surface area (Å²) >= 11 is 0. The summed E-state index contributed by atoms with van der Waals surface area (Å²) in [7, 11) is 0. The van der Waals surface area contributed by atoms with Gasteiger partial charge in [0.15, 0.2) is 0 Å². The van der Waals surface area contributed by atoms with Crippen LogP contribution in [0.5, 0.6) is 0 Å². The van der Waals surface area contributed by atoms with Crippen molar-refractivity contribution < 1.29 is 16.4 Å². The molecule has 0 aromatic carbocycles. The minimum atomic E-state index is 0. The summed E-state index contributed by atoms with van der Waals surface area (Å²) in [5, 5.41) is 0. The molecule has 0 bridgehead atoms. The zero-order valence-corrected chi connectivity index (χ0v) is 4.64. The zero-order chi connectivity index (χ0) is 0. The van der Waals surface area contributed by atoms with E-state index in [0.717, 1.165) is 0 Å². The van der Waals surface area contributed by atoms with E-state index in [1.807, 2.05) is 0 Å². The van der Waals surface area contributed by atoms with Crippen molar-refractivity contribution in [3.8, 4) is 0 Å². The molecule has 0 aliphatic rings. The van der Waals surface area contributed by atoms with Crippen LogP contribution in [0, 0.1) is 0 Å². The van der Waals surface area contributed by atoms with E-state index in [1.54, 1.807) is 0 Å². The standard InChI is InChI=1S/Cm.3H2O/h;3*1H2/q+3;;;/p-3. The van der Waals surface area contributed by atoms with Gasteiger partial charge in [0.05, 0.1) is 0 Å². The molecule has 3 nitrogen and oxygen atoms in total. The third-order valence-corrected chi connectivity index (χ3v) is 0. The average Bonchev–Trinajstić information content (AvgIpc) is 0. The largest absolute Gasteiger partial charge is 3.00 e. The molecule has 1 radical (unpaired) electrons. The first-order chi connectivity index (χ1) is 0. The normalized spacial score (nSPS) is 0. The van der Waals surface area contributed by atoms with Crippen molar-refractivity contribution in [3.05, 3.63) is 0 Å². The fourth-order valence-corrected chi connectivity index (χ4v) is 0. The second-order valence-electron chi connectivity index (χ2n) is 0. The Balaban J connectivity index is 0. The van der Waals surface area contributed by atoms with Gasteiger partial charge in [0, 0.05) is 0 Å². The molecule has 0 aromatic rings. The van der Waals surface area contributed by atoms with Gasteiger partial charge in [0.25, 0.3) is 0 Å². The van der Waals surface area contributed by atoms with Crippen molar-refractivity contribution in [3.63, 3.8) is 0 Å². The van der Waals surface area contributed by atoms with Crippen LogP contribution in [0.15, 0.2) is 0 Å². The van der Waals surface area contributed by atoms with Crippen LogP contribution in [0.25, 0.3) is 0 Å². The Hall–Kier alpha value is -1.12. The molecule has 0 amide bonds. The number of hydrogen-bond acceptors (Lipinski definition) is 3. The molecule has 0 saturated carbocycles. The summed E-state index contributed by atoms with van der Waals surface area (Å²) in [5.74, 6) is 0. The molecule has 0 heterocycles. The molecule has 0 saturated heterocycles. The van der Waals surface area contributed by atoms with E-state index < -0.39 is 0 Å². The maximum atomic E-state index is 0. The van der Waals surface area contributed by atoms with E-state index in [-0.39, 0.29) is 16.4 Å². The molecular weight excluding hydrogens is 295 g/mol. The molecule has 0 atom stereocenters. The Morgan fingerprint density at radius 3 is 0.500 bits per heavy atom. The summed E-state index contributed by atoms with van der Waals surface area (Å²) < 4.78 is 0. The second kappa shape index (κ2) is 1.16. The Morgan fingerprint density at radius 1 is 0.500 bits per heavy atom. The SMILES string of the molecule is [Cm+3].[OH-].[OH-].[OH-]. The molecule has 4 heavy (non-hydrogen) atoms. The van der Waals surface area contributed by atoms with Gasteiger partial charge in [-0.3, -0.25) is 0 Å². The minimum Gasteiger partial charge on any atom is -0.870 e. The molecule has 0 spiro atoms. The third kappa shape index (κ3) is 0.0101. The zero-order valence-electron chi connectivity index (χ0n) is 1.70. The molecule has 0 rings (SSSR count). The Morgan fingerprint density at radius 2 is 0.500 bits per heavy atom. The minimum absolute atomic E-state index is 0. The third-order valence-electron chi connectivity index (χ3n) is 0. The van der Waals surface area contributed by atoms with Gasteiger partial charge in [-0.15, -0.1) is 0 Å². The maximum Gasteiger partial charge on any atom is 3.00 e. The van der Waals surface area contributed by atoms with Gasteiger partial charge in [0.1, 0.15) is 0 Å². The van der Waals surface area contributed by atoms with Crippen LogP contribution in [-0.4, -0.2) is 16.4 Å². The molecule has 3 N–H and O–H groups in total. The summed E-state index contributed by atoms with van der Waals surface area (Å²) in [5.41, 5.74) is 0. The first-order valence-corrected chi connectivity index (χ1v) is 0. The first kappa shape index (κ1) is 8.11. The van der Waals surface area contributed by atoms with Gasteiger partial charge in [-0.25, -0.2) is 0 Å². The maximum absolute atomic E-state index is 0. The van der Waals surface area contributed by atoms with Crippen molar-refractivity contribution in [1.29, 1.82) is 0 Å². The van der Waals surface area contributed by atoms with Gasteiger partial charge in [-0.1, -0.05) is 0 Å². The number of hydrogen-bond donors (Lipinski definition) is 0. The van der Waals surface area contributed by atoms with Gasteiger partial charge >= 0.3 is 0 Å². The molecule has 0 aliphatic carbocycles. The van der Waals surface area contributed by atoms with Gasteiger partial charge in [-0.2, -0.15) is 0 Å². The predicted molar refractivity (Wildman–Crippen MR) is 5.81 cm³/mol. The average molecular weight is 298 g/mol. The van der Waals surface area contributed by atoms with Gasteiger partial charge in [0.2, 0.25) is 0 Å². The molecule has 0 aromatic heterocycles. The smallest absolute Gasteiger partial charge is 0.870 e. The van der Waals surface area contributed by atoms with Crippen molar-refractivity contribution in [2.24, 2.45) is 0 Å². The van der Waals surface area contributed by atoms with E-state index in [9.17, 15) is 0 Å². The van der Waals surface area contributed by atoms with Crippen LogP contribution in [0.4, 0.5) is 0 Å². The Labute approximate surface area is 17.8 Å².